The number of allylic oxidation sites excluding steroid dienone is 7. The lowest BCUT2D eigenvalue weighted by Crippen LogP contribution is -2.31. The van der Waals surface area contributed by atoms with E-state index < -0.39 is 0 Å². The van der Waals surface area contributed by atoms with Crippen molar-refractivity contribution in [1.82, 2.24) is 5.32 Å². The normalized spacial score (nSPS) is 13.4. The van der Waals surface area contributed by atoms with Crippen molar-refractivity contribution in [3.8, 4) is 0 Å². The molecule has 0 fully saturated rings. The molecule has 0 rings (SSSR count). The Morgan fingerprint density at radius 1 is 0.903 bits per heavy atom. The van der Waals surface area contributed by atoms with Gasteiger partial charge in [-0.25, -0.2) is 0 Å². The van der Waals surface area contributed by atoms with Crippen molar-refractivity contribution in [1.29, 1.82) is 0 Å². The van der Waals surface area contributed by atoms with E-state index >= 15 is 0 Å². The highest BCUT2D eigenvalue weighted by molar-refractivity contribution is 7.99. The Kier molecular flexibility index (Phi) is 17.8. The van der Waals surface area contributed by atoms with Gasteiger partial charge in [-0.3, -0.25) is 15.1 Å². The largest absolute Gasteiger partial charge is 0.368 e. The fourth-order valence-electron chi connectivity index (χ4n) is 2.87. The Bertz CT molecular complexity index is 672. The predicted molar refractivity (Wildman–Crippen MR) is 139 cm³/mol. The summed E-state index contributed by atoms with van der Waals surface area (Å²) in [5.74, 6) is 2.32. The standard InChI is InChI=1S/C25H43N3O2S/c1-21(2)10-7-11-22(3)12-8-13-23(4)14-9-15-24(5)16-18-31-19-17-27-25(26-6)20-28(29)30/h10,12,14,16H,7-9,11,13,15,17-20H2,1-6H3,(H,26,27). The predicted octanol–water partition coefficient (Wildman–Crippen LogP) is 6.76. The summed E-state index contributed by atoms with van der Waals surface area (Å²) in [4.78, 5) is 14.0. The van der Waals surface area contributed by atoms with Crippen LogP contribution in [0.4, 0.5) is 0 Å². The van der Waals surface area contributed by atoms with Gasteiger partial charge in [0.2, 0.25) is 0 Å². The molecule has 0 saturated heterocycles. The van der Waals surface area contributed by atoms with E-state index in [1.807, 2.05) is 11.8 Å². The van der Waals surface area contributed by atoms with Crippen molar-refractivity contribution in [2.45, 2.75) is 73.1 Å². The number of nitrogens with zero attached hydrogens (tertiary/aromatic N) is 2. The third-order valence-corrected chi connectivity index (χ3v) is 5.72. The van der Waals surface area contributed by atoms with Crippen LogP contribution in [0.5, 0.6) is 0 Å². The Morgan fingerprint density at radius 2 is 1.42 bits per heavy atom. The topological polar surface area (TPSA) is 67.5 Å². The molecule has 0 radical (unpaired) electrons. The molecule has 31 heavy (non-hydrogen) atoms. The number of aliphatic imine (C=N–C) groups is 1. The van der Waals surface area contributed by atoms with Crippen LogP contribution in [0.15, 0.2) is 51.6 Å². The smallest absolute Gasteiger partial charge is 0.259 e. The Labute approximate surface area is 194 Å². The number of nitrogens with one attached hydrogen (secondary N) is 1. The molecule has 1 N–H and O–H groups in total. The fourth-order valence-corrected chi connectivity index (χ4v) is 3.68. The van der Waals surface area contributed by atoms with E-state index in [1.54, 1.807) is 7.05 Å². The summed E-state index contributed by atoms with van der Waals surface area (Å²) < 4.78 is 0. The molecule has 0 amide bonds. The molecule has 0 aromatic heterocycles. The van der Waals surface area contributed by atoms with Crippen LogP contribution in [0.2, 0.25) is 0 Å². The van der Waals surface area contributed by atoms with Gasteiger partial charge in [-0.15, -0.1) is 0 Å². The molecule has 0 bridgehead atoms. The SMILES string of the molecule is CN=C(C[N+](=O)[O-])NCCSCC=C(C)CCC=C(C)CCC=C(C)CCC=C(C)C. The van der Waals surface area contributed by atoms with Gasteiger partial charge in [0.15, 0.2) is 5.84 Å². The van der Waals surface area contributed by atoms with Gasteiger partial charge in [0.05, 0.1) is 0 Å². The Hall–Kier alpha value is -1.82. The van der Waals surface area contributed by atoms with Crippen molar-refractivity contribution < 1.29 is 4.92 Å². The number of rotatable bonds is 16. The number of nitro groups is 1. The molecule has 0 heterocycles. The van der Waals surface area contributed by atoms with Gasteiger partial charge in [0, 0.05) is 30.0 Å². The van der Waals surface area contributed by atoms with E-state index in [4.69, 9.17) is 0 Å². The van der Waals surface area contributed by atoms with Crippen molar-refractivity contribution in [3.05, 3.63) is 56.7 Å². The van der Waals surface area contributed by atoms with E-state index in [1.165, 1.54) is 22.3 Å². The minimum absolute atomic E-state index is 0.237. The van der Waals surface area contributed by atoms with Crippen LogP contribution in [0.25, 0.3) is 0 Å². The first kappa shape index (κ1) is 29.2. The second-order valence-electron chi connectivity index (χ2n) is 8.21. The molecular formula is C25H43N3O2S. The van der Waals surface area contributed by atoms with Crippen LogP contribution in [-0.2, 0) is 0 Å². The monoisotopic (exact) mass is 449 g/mol. The zero-order valence-electron chi connectivity index (χ0n) is 20.5. The molecule has 176 valence electrons. The molecule has 0 atom stereocenters. The second-order valence-corrected chi connectivity index (χ2v) is 9.36. The van der Waals surface area contributed by atoms with Gasteiger partial charge >= 0.3 is 0 Å². The molecule has 5 nitrogen and oxygen atoms in total. The zero-order chi connectivity index (χ0) is 23.5. The zero-order valence-corrected chi connectivity index (χ0v) is 21.3. The molecule has 6 heteroatoms. The van der Waals surface area contributed by atoms with Crippen LogP contribution < -0.4 is 5.32 Å². The van der Waals surface area contributed by atoms with Crippen LogP contribution in [0, 0.1) is 10.1 Å². The van der Waals surface area contributed by atoms with E-state index in [0.717, 1.165) is 50.0 Å². The summed E-state index contributed by atoms with van der Waals surface area (Å²) in [6.07, 6.45) is 16.2. The van der Waals surface area contributed by atoms with Crippen molar-refractivity contribution in [3.63, 3.8) is 0 Å². The average molecular weight is 450 g/mol. The summed E-state index contributed by atoms with van der Waals surface area (Å²) in [6.45, 7) is 11.4. The summed E-state index contributed by atoms with van der Waals surface area (Å²) in [6, 6.07) is 0. The van der Waals surface area contributed by atoms with Crippen LogP contribution in [-0.4, -0.2) is 42.4 Å². The summed E-state index contributed by atoms with van der Waals surface area (Å²) >= 11 is 1.82. The minimum atomic E-state index is -0.365. The highest BCUT2D eigenvalue weighted by Crippen LogP contribution is 2.14. The van der Waals surface area contributed by atoms with Gasteiger partial charge in [0.25, 0.3) is 6.54 Å². The Balaban J connectivity index is 3.95. The van der Waals surface area contributed by atoms with Crippen LogP contribution in [0.1, 0.15) is 73.1 Å². The molecule has 0 aliphatic rings. The molecule has 0 aliphatic heterocycles. The highest BCUT2D eigenvalue weighted by Gasteiger charge is 2.04. The lowest BCUT2D eigenvalue weighted by molar-refractivity contribution is -0.463. The summed E-state index contributed by atoms with van der Waals surface area (Å²) in [7, 11) is 1.58. The first-order valence-corrected chi connectivity index (χ1v) is 12.4. The van der Waals surface area contributed by atoms with E-state index in [9.17, 15) is 10.1 Å². The summed E-state index contributed by atoms with van der Waals surface area (Å²) in [5.41, 5.74) is 5.79. The molecule has 0 aromatic carbocycles. The molecule has 0 saturated carbocycles. The third kappa shape index (κ3) is 19.9. The fraction of sp³-hybridized carbons (Fsp3) is 0.640. The van der Waals surface area contributed by atoms with Crippen LogP contribution in [0.3, 0.4) is 0 Å². The lowest BCUT2D eigenvalue weighted by atomic mass is 10.0. The second kappa shape index (κ2) is 18.9. The lowest BCUT2D eigenvalue weighted by Gasteiger charge is -2.05. The maximum absolute atomic E-state index is 10.5. The maximum Gasteiger partial charge on any atom is 0.259 e. The molecule has 0 aliphatic carbocycles. The van der Waals surface area contributed by atoms with Crippen LogP contribution >= 0.6 is 11.8 Å². The third-order valence-electron chi connectivity index (χ3n) is 4.83. The van der Waals surface area contributed by atoms with E-state index in [0.29, 0.717) is 12.4 Å². The average Bonchev–Trinajstić information content (AvgIpc) is 2.69. The van der Waals surface area contributed by atoms with Gasteiger partial charge in [-0.1, -0.05) is 46.6 Å². The van der Waals surface area contributed by atoms with Crippen molar-refractivity contribution in [2.75, 3.05) is 31.6 Å². The van der Waals surface area contributed by atoms with Gasteiger partial charge in [-0.05, 0) is 73.1 Å². The number of thioether (sulfide) groups is 1. The van der Waals surface area contributed by atoms with Crippen molar-refractivity contribution >= 4 is 17.6 Å². The summed E-state index contributed by atoms with van der Waals surface area (Å²) in [5, 5.41) is 13.5. The highest BCUT2D eigenvalue weighted by atomic mass is 32.2. The molecule has 0 spiro atoms. The number of hydrogen-bond acceptors (Lipinski definition) is 4. The van der Waals surface area contributed by atoms with E-state index in [-0.39, 0.29) is 11.5 Å². The quantitative estimate of drug-likeness (QED) is 0.0706. The van der Waals surface area contributed by atoms with Crippen molar-refractivity contribution in [2.24, 2.45) is 4.99 Å². The Morgan fingerprint density at radius 3 is 1.90 bits per heavy atom. The van der Waals surface area contributed by atoms with E-state index in [2.05, 4.69) is 69.2 Å². The van der Waals surface area contributed by atoms with Gasteiger partial charge in [0.1, 0.15) is 0 Å². The van der Waals surface area contributed by atoms with Gasteiger partial charge < -0.3 is 5.32 Å². The first-order valence-electron chi connectivity index (χ1n) is 11.2. The molecule has 0 unspecified atom stereocenters. The molecular weight excluding hydrogens is 406 g/mol. The van der Waals surface area contributed by atoms with Gasteiger partial charge in [-0.2, -0.15) is 11.8 Å². The molecule has 0 aromatic rings. The number of amidine groups is 1. The first-order chi connectivity index (χ1) is 14.7. The maximum atomic E-state index is 10.5. The minimum Gasteiger partial charge on any atom is -0.368 e. The number of hydrogen-bond donors (Lipinski definition) is 1.